The van der Waals surface area contributed by atoms with Gasteiger partial charge in [-0.05, 0) is 24.0 Å². The van der Waals surface area contributed by atoms with Gasteiger partial charge in [0.2, 0.25) is 11.3 Å². The Morgan fingerprint density at radius 3 is 1.83 bits per heavy atom. The standard InChI is InChI=1S/C22H23NO6/c24-13-18-11-12-22(19(25)23-18,20(26)28-14-16-7-3-1-4-8-16)21(27)29-15-17-9-5-2-6-10-17/h1-10,18,24H,11-15H2,(H,23,25)/t18-/m0/s1. The van der Waals surface area contributed by atoms with Gasteiger partial charge >= 0.3 is 11.9 Å². The largest absolute Gasteiger partial charge is 0.460 e. The summed E-state index contributed by atoms with van der Waals surface area (Å²) in [7, 11) is 0. The van der Waals surface area contributed by atoms with E-state index in [4.69, 9.17) is 9.47 Å². The maximum Gasteiger partial charge on any atom is 0.333 e. The van der Waals surface area contributed by atoms with Crippen molar-refractivity contribution in [3.63, 3.8) is 0 Å². The van der Waals surface area contributed by atoms with Crippen molar-refractivity contribution in [1.82, 2.24) is 5.32 Å². The van der Waals surface area contributed by atoms with Gasteiger partial charge < -0.3 is 19.9 Å². The number of hydrogen-bond acceptors (Lipinski definition) is 6. The van der Waals surface area contributed by atoms with Crippen LogP contribution in [-0.2, 0) is 37.1 Å². The number of esters is 2. The molecule has 1 atom stereocenters. The van der Waals surface area contributed by atoms with Crippen LogP contribution in [0.2, 0.25) is 0 Å². The number of benzene rings is 2. The van der Waals surface area contributed by atoms with Gasteiger partial charge in [-0.15, -0.1) is 0 Å². The van der Waals surface area contributed by atoms with Crippen molar-refractivity contribution in [1.29, 1.82) is 0 Å². The normalized spacial score (nSPS) is 17.8. The molecule has 2 aromatic carbocycles. The van der Waals surface area contributed by atoms with Gasteiger partial charge in [-0.25, -0.2) is 0 Å². The molecule has 1 fully saturated rings. The molecule has 0 unspecified atom stereocenters. The van der Waals surface area contributed by atoms with Gasteiger partial charge in [0.05, 0.1) is 12.6 Å². The average molecular weight is 397 g/mol. The first-order valence-corrected chi connectivity index (χ1v) is 9.40. The van der Waals surface area contributed by atoms with Gasteiger partial charge in [0.1, 0.15) is 13.2 Å². The summed E-state index contributed by atoms with van der Waals surface area (Å²) in [5, 5.41) is 11.8. The summed E-state index contributed by atoms with van der Waals surface area (Å²) in [5.74, 6) is -2.71. The fourth-order valence-electron chi connectivity index (χ4n) is 3.19. The summed E-state index contributed by atoms with van der Waals surface area (Å²) in [6.45, 7) is -0.409. The van der Waals surface area contributed by atoms with Crippen molar-refractivity contribution in [2.45, 2.75) is 32.1 Å². The minimum Gasteiger partial charge on any atom is -0.460 e. The molecule has 0 saturated carbocycles. The number of carbonyl (C=O) groups is 3. The van der Waals surface area contributed by atoms with E-state index in [-0.39, 0.29) is 32.7 Å². The van der Waals surface area contributed by atoms with Crippen molar-refractivity contribution in [3.8, 4) is 0 Å². The molecule has 1 heterocycles. The number of aliphatic hydroxyl groups excluding tert-OH is 1. The first-order valence-electron chi connectivity index (χ1n) is 9.40. The van der Waals surface area contributed by atoms with E-state index < -0.39 is 29.3 Å². The highest BCUT2D eigenvalue weighted by Gasteiger charge is 2.58. The number of rotatable bonds is 7. The van der Waals surface area contributed by atoms with E-state index in [0.717, 1.165) is 11.1 Å². The lowest BCUT2D eigenvalue weighted by atomic mass is 9.77. The lowest BCUT2D eigenvalue weighted by Crippen LogP contribution is -2.60. The molecule has 0 aliphatic carbocycles. The Bertz CT molecular complexity index is 797. The maximum absolute atomic E-state index is 12.9. The van der Waals surface area contributed by atoms with E-state index in [1.165, 1.54) is 0 Å². The number of piperidine rings is 1. The zero-order valence-electron chi connectivity index (χ0n) is 15.9. The molecule has 0 bridgehead atoms. The second-order valence-corrected chi connectivity index (χ2v) is 6.92. The Hall–Kier alpha value is -3.19. The van der Waals surface area contributed by atoms with Crippen molar-refractivity contribution in [2.24, 2.45) is 5.41 Å². The molecule has 3 rings (SSSR count). The summed E-state index contributed by atoms with van der Waals surface area (Å²) >= 11 is 0. The molecule has 0 aromatic heterocycles. The summed E-state index contributed by atoms with van der Waals surface area (Å²) in [6.07, 6.45) is 0.161. The van der Waals surface area contributed by atoms with Gasteiger partial charge in [-0.1, -0.05) is 60.7 Å². The van der Waals surface area contributed by atoms with Crippen LogP contribution < -0.4 is 5.32 Å². The third kappa shape index (κ3) is 4.63. The molecule has 2 N–H and O–H groups in total. The van der Waals surface area contributed by atoms with E-state index in [1.807, 2.05) is 12.1 Å². The molecule has 1 aliphatic rings. The number of aliphatic hydroxyl groups is 1. The third-order valence-electron chi connectivity index (χ3n) is 4.93. The van der Waals surface area contributed by atoms with Gasteiger partial charge in [0.15, 0.2) is 0 Å². The molecular formula is C22H23NO6. The number of ether oxygens (including phenoxy) is 2. The van der Waals surface area contributed by atoms with Crippen molar-refractivity contribution in [2.75, 3.05) is 6.61 Å². The first kappa shape index (κ1) is 20.5. The summed E-state index contributed by atoms with van der Waals surface area (Å²) in [6, 6.07) is 17.4. The Kier molecular flexibility index (Phi) is 6.61. The molecular weight excluding hydrogens is 374 g/mol. The van der Waals surface area contributed by atoms with Crippen LogP contribution in [0.25, 0.3) is 0 Å². The quantitative estimate of drug-likeness (QED) is 0.545. The third-order valence-corrected chi connectivity index (χ3v) is 4.93. The molecule has 7 heteroatoms. The molecule has 152 valence electrons. The predicted molar refractivity (Wildman–Crippen MR) is 103 cm³/mol. The van der Waals surface area contributed by atoms with Crippen LogP contribution in [-0.4, -0.2) is 35.6 Å². The molecule has 1 saturated heterocycles. The molecule has 1 aliphatic heterocycles. The highest BCUT2D eigenvalue weighted by Crippen LogP contribution is 2.33. The smallest absolute Gasteiger partial charge is 0.333 e. The van der Waals surface area contributed by atoms with Crippen LogP contribution in [0.15, 0.2) is 60.7 Å². The molecule has 7 nitrogen and oxygen atoms in total. The van der Waals surface area contributed by atoms with Crippen LogP contribution in [0, 0.1) is 5.41 Å². The summed E-state index contributed by atoms with van der Waals surface area (Å²) in [5.41, 5.74) is -0.619. The van der Waals surface area contributed by atoms with Crippen LogP contribution in [0.3, 0.4) is 0 Å². The van der Waals surface area contributed by atoms with E-state index in [0.29, 0.717) is 0 Å². The van der Waals surface area contributed by atoms with Gasteiger partial charge in [0, 0.05) is 0 Å². The van der Waals surface area contributed by atoms with Crippen molar-refractivity contribution >= 4 is 17.8 Å². The average Bonchev–Trinajstić information content (AvgIpc) is 2.77. The number of hydrogen-bond donors (Lipinski definition) is 2. The minimum absolute atomic E-state index is 0.0654. The van der Waals surface area contributed by atoms with E-state index in [9.17, 15) is 19.5 Å². The zero-order valence-corrected chi connectivity index (χ0v) is 15.9. The van der Waals surface area contributed by atoms with Gasteiger partial charge in [-0.3, -0.25) is 14.4 Å². The van der Waals surface area contributed by atoms with Gasteiger partial charge in [0.25, 0.3) is 0 Å². The van der Waals surface area contributed by atoms with E-state index in [2.05, 4.69) is 5.32 Å². The fraction of sp³-hybridized carbons (Fsp3) is 0.318. The topological polar surface area (TPSA) is 102 Å². The predicted octanol–water partition coefficient (Wildman–Crippen LogP) is 1.73. The highest BCUT2D eigenvalue weighted by atomic mass is 16.6. The van der Waals surface area contributed by atoms with Crippen molar-refractivity contribution < 1.29 is 29.0 Å². The summed E-state index contributed by atoms with van der Waals surface area (Å²) < 4.78 is 10.6. The number of nitrogens with one attached hydrogen (secondary N) is 1. The fourth-order valence-corrected chi connectivity index (χ4v) is 3.19. The van der Waals surface area contributed by atoms with E-state index >= 15 is 0 Å². The van der Waals surface area contributed by atoms with Crippen molar-refractivity contribution in [3.05, 3.63) is 71.8 Å². The van der Waals surface area contributed by atoms with Gasteiger partial charge in [-0.2, -0.15) is 0 Å². The Morgan fingerprint density at radius 1 is 0.931 bits per heavy atom. The molecule has 29 heavy (non-hydrogen) atoms. The van der Waals surface area contributed by atoms with Crippen LogP contribution in [0.4, 0.5) is 0 Å². The molecule has 0 spiro atoms. The zero-order chi connectivity index (χ0) is 20.7. The van der Waals surface area contributed by atoms with Crippen LogP contribution in [0.5, 0.6) is 0 Å². The monoisotopic (exact) mass is 397 g/mol. The van der Waals surface area contributed by atoms with E-state index in [1.54, 1.807) is 48.5 Å². The highest BCUT2D eigenvalue weighted by molar-refractivity contribution is 6.20. The number of amides is 1. The molecule has 0 radical (unpaired) electrons. The molecule has 2 aromatic rings. The molecule has 1 amide bonds. The summed E-state index contributed by atoms with van der Waals surface area (Å²) in [4.78, 5) is 38.6. The number of carbonyl (C=O) groups excluding carboxylic acids is 3. The lowest BCUT2D eigenvalue weighted by Gasteiger charge is -2.35. The second kappa shape index (κ2) is 9.34. The maximum atomic E-state index is 12.9. The lowest BCUT2D eigenvalue weighted by molar-refractivity contribution is -0.180. The Labute approximate surface area is 168 Å². The van der Waals surface area contributed by atoms with Crippen LogP contribution >= 0.6 is 0 Å². The minimum atomic E-state index is -2.09. The SMILES string of the molecule is O=C1N[C@H](CO)CCC1(C(=O)OCc1ccccc1)C(=O)OCc1ccccc1. The first-order chi connectivity index (χ1) is 14.1. The second-order valence-electron chi connectivity index (χ2n) is 6.92. The van der Waals surface area contributed by atoms with Crippen LogP contribution in [0.1, 0.15) is 24.0 Å². The Morgan fingerprint density at radius 2 is 1.41 bits per heavy atom. The Balaban J connectivity index is 1.76.